The summed E-state index contributed by atoms with van der Waals surface area (Å²) in [4.78, 5) is 0. The van der Waals surface area contributed by atoms with Crippen LogP contribution in [-0.4, -0.2) is 6.54 Å². The molecule has 100 valence electrons. The summed E-state index contributed by atoms with van der Waals surface area (Å²) in [6, 6.07) is 6.40. The molecule has 0 saturated heterocycles. The first-order chi connectivity index (χ1) is 9.29. The molecule has 0 atom stereocenters. The Kier molecular flexibility index (Phi) is 5.11. The van der Waals surface area contributed by atoms with Gasteiger partial charge in [-0.25, -0.2) is 4.39 Å². The van der Waals surface area contributed by atoms with E-state index in [0.717, 1.165) is 18.5 Å². The summed E-state index contributed by atoms with van der Waals surface area (Å²) < 4.78 is 13.1. The van der Waals surface area contributed by atoms with E-state index in [-0.39, 0.29) is 5.82 Å². The molecule has 3 heteroatoms. The van der Waals surface area contributed by atoms with Crippen LogP contribution in [0.1, 0.15) is 43.2 Å². The SMILES string of the molecule is N#Cc1ccc(F)cc1CNCCC1=CCCCC1. The molecule has 1 aliphatic carbocycles. The van der Waals surface area contributed by atoms with E-state index in [0.29, 0.717) is 12.1 Å². The Morgan fingerprint density at radius 1 is 1.32 bits per heavy atom. The fourth-order valence-corrected chi connectivity index (χ4v) is 2.42. The van der Waals surface area contributed by atoms with E-state index in [9.17, 15) is 4.39 Å². The molecule has 1 N–H and O–H groups in total. The Morgan fingerprint density at radius 2 is 2.21 bits per heavy atom. The van der Waals surface area contributed by atoms with Gasteiger partial charge in [0.1, 0.15) is 5.82 Å². The average Bonchev–Trinajstić information content (AvgIpc) is 2.45. The van der Waals surface area contributed by atoms with Crippen molar-refractivity contribution >= 4 is 0 Å². The Hall–Kier alpha value is -1.66. The van der Waals surface area contributed by atoms with Crippen LogP contribution in [0.3, 0.4) is 0 Å². The summed E-state index contributed by atoms with van der Waals surface area (Å²) >= 11 is 0. The second-order valence-electron chi connectivity index (χ2n) is 4.95. The molecule has 1 aliphatic rings. The van der Waals surface area contributed by atoms with Crippen molar-refractivity contribution in [3.8, 4) is 6.07 Å². The summed E-state index contributed by atoms with van der Waals surface area (Å²) in [7, 11) is 0. The van der Waals surface area contributed by atoms with Crippen molar-refractivity contribution in [2.24, 2.45) is 0 Å². The van der Waals surface area contributed by atoms with E-state index in [1.807, 2.05) is 0 Å². The molecule has 0 heterocycles. The van der Waals surface area contributed by atoms with E-state index in [4.69, 9.17) is 5.26 Å². The van der Waals surface area contributed by atoms with Gasteiger partial charge in [-0.3, -0.25) is 0 Å². The molecule has 0 aromatic heterocycles. The van der Waals surface area contributed by atoms with Gasteiger partial charge in [0.15, 0.2) is 0 Å². The van der Waals surface area contributed by atoms with Crippen LogP contribution in [-0.2, 0) is 6.54 Å². The van der Waals surface area contributed by atoms with Crippen LogP contribution in [0.4, 0.5) is 4.39 Å². The molecule has 0 aliphatic heterocycles. The topological polar surface area (TPSA) is 35.8 Å². The van der Waals surface area contributed by atoms with Crippen LogP contribution in [0.15, 0.2) is 29.8 Å². The quantitative estimate of drug-likeness (QED) is 0.646. The van der Waals surface area contributed by atoms with E-state index < -0.39 is 0 Å². The van der Waals surface area contributed by atoms with Crippen LogP contribution in [0.25, 0.3) is 0 Å². The van der Waals surface area contributed by atoms with Crippen LogP contribution in [0.2, 0.25) is 0 Å². The molecule has 0 amide bonds. The molecular formula is C16H19FN2. The molecule has 0 spiro atoms. The zero-order valence-electron chi connectivity index (χ0n) is 11.1. The maximum atomic E-state index is 13.1. The maximum Gasteiger partial charge on any atom is 0.123 e. The largest absolute Gasteiger partial charge is 0.312 e. The van der Waals surface area contributed by atoms with Gasteiger partial charge >= 0.3 is 0 Å². The molecule has 1 aromatic rings. The molecule has 0 radical (unpaired) electrons. The smallest absolute Gasteiger partial charge is 0.123 e. The van der Waals surface area contributed by atoms with Gasteiger partial charge < -0.3 is 5.32 Å². The normalized spacial score (nSPS) is 14.8. The van der Waals surface area contributed by atoms with Crippen molar-refractivity contribution in [1.29, 1.82) is 5.26 Å². The fraction of sp³-hybridized carbons (Fsp3) is 0.438. The Morgan fingerprint density at radius 3 is 2.95 bits per heavy atom. The third-order valence-electron chi connectivity index (χ3n) is 3.51. The van der Waals surface area contributed by atoms with E-state index in [1.54, 1.807) is 0 Å². The van der Waals surface area contributed by atoms with Crippen LogP contribution >= 0.6 is 0 Å². The lowest BCUT2D eigenvalue weighted by Crippen LogP contribution is -2.16. The predicted octanol–water partition coefficient (Wildman–Crippen LogP) is 3.68. The monoisotopic (exact) mass is 258 g/mol. The number of rotatable bonds is 5. The van der Waals surface area contributed by atoms with Crippen LogP contribution in [0.5, 0.6) is 0 Å². The summed E-state index contributed by atoms with van der Waals surface area (Å²) in [5, 5.41) is 12.3. The Balaban J connectivity index is 1.81. The van der Waals surface area contributed by atoms with Gasteiger partial charge in [0.25, 0.3) is 0 Å². The Bertz CT molecular complexity index is 500. The minimum Gasteiger partial charge on any atom is -0.312 e. The first-order valence-electron chi connectivity index (χ1n) is 6.87. The zero-order chi connectivity index (χ0) is 13.5. The van der Waals surface area contributed by atoms with Gasteiger partial charge in [0, 0.05) is 6.54 Å². The lowest BCUT2D eigenvalue weighted by molar-refractivity contribution is 0.613. The molecule has 0 bridgehead atoms. The van der Waals surface area contributed by atoms with E-state index in [1.165, 1.54) is 49.5 Å². The highest BCUT2D eigenvalue weighted by Crippen LogP contribution is 2.19. The molecular weight excluding hydrogens is 239 g/mol. The van der Waals surface area contributed by atoms with Crippen molar-refractivity contribution in [2.75, 3.05) is 6.54 Å². The van der Waals surface area contributed by atoms with Crippen molar-refractivity contribution in [1.82, 2.24) is 5.32 Å². The predicted molar refractivity (Wildman–Crippen MR) is 74.0 cm³/mol. The minimum absolute atomic E-state index is 0.286. The second-order valence-corrected chi connectivity index (χ2v) is 4.95. The highest BCUT2D eigenvalue weighted by atomic mass is 19.1. The number of allylic oxidation sites excluding steroid dienone is 1. The third kappa shape index (κ3) is 4.18. The summed E-state index contributed by atoms with van der Waals surface area (Å²) in [6.45, 7) is 1.43. The van der Waals surface area contributed by atoms with Crippen molar-refractivity contribution < 1.29 is 4.39 Å². The van der Waals surface area contributed by atoms with E-state index >= 15 is 0 Å². The van der Waals surface area contributed by atoms with Gasteiger partial charge in [-0.15, -0.1) is 0 Å². The van der Waals surface area contributed by atoms with Crippen LogP contribution in [0, 0.1) is 17.1 Å². The van der Waals surface area contributed by atoms with Crippen molar-refractivity contribution in [3.63, 3.8) is 0 Å². The standard InChI is InChI=1S/C16H19FN2/c17-16-7-6-14(11-18)15(10-16)12-19-9-8-13-4-2-1-3-5-13/h4,6-7,10,19H,1-3,5,8-9,12H2. The fourth-order valence-electron chi connectivity index (χ4n) is 2.42. The summed E-state index contributed by atoms with van der Waals surface area (Å²) in [5.74, 6) is -0.286. The first kappa shape index (κ1) is 13.8. The van der Waals surface area contributed by atoms with Gasteiger partial charge in [0.05, 0.1) is 11.6 Å². The minimum atomic E-state index is -0.286. The number of hydrogen-bond acceptors (Lipinski definition) is 2. The number of benzene rings is 1. The molecule has 2 rings (SSSR count). The molecule has 0 fully saturated rings. The third-order valence-corrected chi connectivity index (χ3v) is 3.51. The van der Waals surface area contributed by atoms with Gasteiger partial charge in [-0.05, 0) is 62.4 Å². The van der Waals surface area contributed by atoms with E-state index in [2.05, 4.69) is 17.5 Å². The highest BCUT2D eigenvalue weighted by Gasteiger charge is 2.05. The maximum absolute atomic E-state index is 13.1. The summed E-state index contributed by atoms with van der Waals surface area (Å²) in [6.07, 6.45) is 8.42. The number of hydrogen-bond donors (Lipinski definition) is 1. The molecule has 2 nitrogen and oxygen atoms in total. The molecule has 0 unspecified atom stereocenters. The highest BCUT2D eigenvalue weighted by molar-refractivity contribution is 5.37. The lowest BCUT2D eigenvalue weighted by Gasteiger charge is -2.13. The molecule has 1 aromatic carbocycles. The average molecular weight is 258 g/mol. The second kappa shape index (κ2) is 7.06. The molecule has 0 saturated carbocycles. The summed E-state index contributed by atoms with van der Waals surface area (Å²) in [5.41, 5.74) is 2.81. The van der Waals surface area contributed by atoms with Gasteiger partial charge in [-0.1, -0.05) is 11.6 Å². The van der Waals surface area contributed by atoms with Crippen molar-refractivity contribution in [2.45, 2.75) is 38.6 Å². The number of nitrogens with one attached hydrogen (secondary N) is 1. The zero-order valence-corrected chi connectivity index (χ0v) is 11.1. The van der Waals surface area contributed by atoms with Crippen molar-refractivity contribution in [3.05, 3.63) is 46.8 Å². The first-order valence-corrected chi connectivity index (χ1v) is 6.87. The van der Waals surface area contributed by atoms with Gasteiger partial charge in [0.2, 0.25) is 0 Å². The Labute approximate surface area is 113 Å². The molecule has 19 heavy (non-hydrogen) atoms. The number of halogens is 1. The van der Waals surface area contributed by atoms with Gasteiger partial charge in [-0.2, -0.15) is 5.26 Å². The lowest BCUT2D eigenvalue weighted by atomic mass is 9.97. The van der Waals surface area contributed by atoms with Crippen LogP contribution < -0.4 is 5.32 Å². The number of nitrogens with zero attached hydrogens (tertiary/aromatic N) is 1. The number of nitriles is 1.